The van der Waals surface area contributed by atoms with E-state index in [0.717, 1.165) is 6.54 Å². The molecule has 0 radical (unpaired) electrons. The fraction of sp³-hybridized carbons (Fsp3) is 0.769. The van der Waals surface area contributed by atoms with Crippen molar-refractivity contribution in [2.75, 3.05) is 0 Å². The van der Waals surface area contributed by atoms with E-state index in [4.69, 9.17) is 0 Å². The summed E-state index contributed by atoms with van der Waals surface area (Å²) < 4.78 is 1.98. The first-order valence-electron chi connectivity index (χ1n) is 6.45. The van der Waals surface area contributed by atoms with Gasteiger partial charge in [-0.15, -0.1) is 0 Å². The van der Waals surface area contributed by atoms with Crippen LogP contribution in [0.3, 0.4) is 0 Å². The summed E-state index contributed by atoms with van der Waals surface area (Å²) in [5, 5.41) is 7.83. The van der Waals surface area contributed by atoms with E-state index in [1.54, 1.807) is 0 Å². The van der Waals surface area contributed by atoms with Crippen LogP contribution in [-0.2, 0) is 6.54 Å². The first-order chi connectivity index (χ1) is 7.72. The average molecular weight is 223 g/mol. The molecular weight excluding hydrogens is 198 g/mol. The molecule has 1 rings (SSSR count). The molecule has 0 fully saturated rings. The molecule has 1 aromatic rings. The second kappa shape index (κ2) is 7.44. The molecule has 0 aliphatic rings. The number of nitrogens with zero attached hydrogens (tertiary/aromatic N) is 2. The average Bonchev–Trinajstić information content (AvgIpc) is 2.70. The van der Waals surface area contributed by atoms with Gasteiger partial charge in [-0.3, -0.25) is 4.68 Å². The molecule has 0 saturated heterocycles. The lowest BCUT2D eigenvalue weighted by atomic mass is 10.1. The van der Waals surface area contributed by atoms with E-state index in [9.17, 15) is 0 Å². The summed E-state index contributed by atoms with van der Waals surface area (Å²) in [4.78, 5) is 0. The summed E-state index contributed by atoms with van der Waals surface area (Å²) in [5.41, 5.74) is 0. The van der Waals surface area contributed by atoms with Gasteiger partial charge in [-0.25, -0.2) is 0 Å². The topological polar surface area (TPSA) is 29.9 Å². The van der Waals surface area contributed by atoms with Crippen LogP contribution in [0.4, 0.5) is 0 Å². The molecule has 0 aromatic carbocycles. The van der Waals surface area contributed by atoms with E-state index in [1.165, 1.54) is 25.7 Å². The molecule has 0 bridgehead atoms. The van der Waals surface area contributed by atoms with Gasteiger partial charge in [-0.05, 0) is 26.3 Å². The van der Waals surface area contributed by atoms with Crippen molar-refractivity contribution >= 4 is 0 Å². The van der Waals surface area contributed by atoms with Gasteiger partial charge < -0.3 is 5.32 Å². The Morgan fingerprint density at radius 1 is 1.25 bits per heavy atom. The Bertz CT molecular complexity index is 256. The highest BCUT2D eigenvalue weighted by Crippen LogP contribution is 2.04. The lowest BCUT2D eigenvalue weighted by molar-refractivity contribution is 0.387. The highest BCUT2D eigenvalue weighted by molar-refractivity contribution is 4.79. The van der Waals surface area contributed by atoms with Crippen molar-refractivity contribution in [2.24, 2.45) is 0 Å². The molecule has 0 amide bonds. The molecule has 16 heavy (non-hydrogen) atoms. The predicted octanol–water partition coefficient (Wildman–Crippen LogP) is 2.83. The van der Waals surface area contributed by atoms with Crippen LogP contribution in [0.5, 0.6) is 0 Å². The number of rotatable bonds is 8. The first kappa shape index (κ1) is 13.2. The Kier molecular flexibility index (Phi) is 6.16. The third kappa shape index (κ3) is 5.31. The maximum Gasteiger partial charge on any atom is 0.0560 e. The van der Waals surface area contributed by atoms with Crippen molar-refractivity contribution in [2.45, 2.75) is 65.1 Å². The summed E-state index contributed by atoms with van der Waals surface area (Å²) >= 11 is 0. The van der Waals surface area contributed by atoms with Gasteiger partial charge in [0.25, 0.3) is 0 Å². The largest absolute Gasteiger partial charge is 0.310 e. The van der Waals surface area contributed by atoms with Gasteiger partial charge in [-0.2, -0.15) is 5.10 Å². The van der Waals surface area contributed by atoms with Crippen molar-refractivity contribution < 1.29 is 0 Å². The molecule has 3 nitrogen and oxygen atoms in total. The molecule has 1 heterocycles. The summed E-state index contributed by atoms with van der Waals surface area (Å²) in [5.74, 6) is 0. The van der Waals surface area contributed by atoms with Crippen LogP contribution in [0, 0.1) is 0 Å². The number of nitrogens with one attached hydrogen (secondary N) is 1. The van der Waals surface area contributed by atoms with Crippen LogP contribution in [0.2, 0.25) is 0 Å². The Hall–Kier alpha value is -0.830. The monoisotopic (exact) mass is 223 g/mol. The molecule has 2 unspecified atom stereocenters. The molecule has 0 spiro atoms. The van der Waals surface area contributed by atoms with Crippen LogP contribution >= 0.6 is 0 Å². The molecule has 1 N–H and O–H groups in total. The second-order valence-electron chi connectivity index (χ2n) is 4.69. The van der Waals surface area contributed by atoms with Crippen LogP contribution in [-0.4, -0.2) is 21.9 Å². The maximum absolute atomic E-state index is 4.22. The van der Waals surface area contributed by atoms with E-state index in [1.807, 2.05) is 23.1 Å². The summed E-state index contributed by atoms with van der Waals surface area (Å²) in [6.45, 7) is 7.69. The van der Waals surface area contributed by atoms with E-state index >= 15 is 0 Å². The molecule has 92 valence electrons. The summed E-state index contributed by atoms with van der Waals surface area (Å²) in [7, 11) is 0. The molecule has 2 atom stereocenters. The van der Waals surface area contributed by atoms with Crippen LogP contribution in [0.15, 0.2) is 18.5 Å². The number of unbranched alkanes of at least 4 members (excludes halogenated alkanes) is 2. The Morgan fingerprint density at radius 2 is 2.06 bits per heavy atom. The SMILES string of the molecule is CCCCCC(C)NC(C)Cn1cccn1. The fourth-order valence-corrected chi connectivity index (χ4v) is 2.01. The number of hydrogen-bond acceptors (Lipinski definition) is 2. The number of aromatic nitrogens is 2. The third-order valence-corrected chi connectivity index (χ3v) is 2.83. The highest BCUT2D eigenvalue weighted by atomic mass is 15.3. The van der Waals surface area contributed by atoms with Gasteiger partial charge in [-0.1, -0.05) is 26.2 Å². The second-order valence-corrected chi connectivity index (χ2v) is 4.69. The van der Waals surface area contributed by atoms with Gasteiger partial charge in [0.1, 0.15) is 0 Å². The predicted molar refractivity (Wildman–Crippen MR) is 68.4 cm³/mol. The zero-order chi connectivity index (χ0) is 11.8. The minimum atomic E-state index is 0.483. The van der Waals surface area contributed by atoms with E-state index in [-0.39, 0.29) is 0 Å². The highest BCUT2D eigenvalue weighted by Gasteiger charge is 2.07. The lowest BCUT2D eigenvalue weighted by Gasteiger charge is -2.20. The Morgan fingerprint density at radius 3 is 2.69 bits per heavy atom. The molecule has 3 heteroatoms. The van der Waals surface area contributed by atoms with E-state index in [2.05, 4.69) is 31.2 Å². The maximum atomic E-state index is 4.22. The zero-order valence-electron chi connectivity index (χ0n) is 10.8. The van der Waals surface area contributed by atoms with Gasteiger partial charge in [0.2, 0.25) is 0 Å². The van der Waals surface area contributed by atoms with Gasteiger partial charge >= 0.3 is 0 Å². The van der Waals surface area contributed by atoms with E-state index < -0.39 is 0 Å². The Balaban J connectivity index is 2.15. The normalized spacial score (nSPS) is 14.9. The lowest BCUT2D eigenvalue weighted by Crippen LogP contribution is -2.37. The molecule has 0 saturated carbocycles. The standard InChI is InChI=1S/C13H25N3/c1-4-5-6-8-12(2)15-13(3)11-16-10-7-9-14-16/h7,9-10,12-13,15H,4-6,8,11H2,1-3H3. The number of hydrogen-bond donors (Lipinski definition) is 1. The minimum Gasteiger partial charge on any atom is -0.310 e. The van der Waals surface area contributed by atoms with Crippen LogP contribution in [0.25, 0.3) is 0 Å². The molecule has 0 aliphatic carbocycles. The van der Waals surface area contributed by atoms with Crippen molar-refractivity contribution in [3.63, 3.8) is 0 Å². The summed E-state index contributed by atoms with van der Waals surface area (Å²) in [6, 6.07) is 3.06. The molecular formula is C13H25N3. The van der Waals surface area contributed by atoms with Crippen LogP contribution < -0.4 is 5.32 Å². The van der Waals surface area contributed by atoms with Crippen molar-refractivity contribution in [1.29, 1.82) is 0 Å². The first-order valence-corrected chi connectivity index (χ1v) is 6.45. The van der Waals surface area contributed by atoms with Crippen LogP contribution in [0.1, 0.15) is 46.5 Å². The van der Waals surface area contributed by atoms with E-state index in [0.29, 0.717) is 12.1 Å². The smallest absolute Gasteiger partial charge is 0.0560 e. The zero-order valence-corrected chi connectivity index (χ0v) is 10.8. The fourth-order valence-electron chi connectivity index (χ4n) is 2.01. The van der Waals surface area contributed by atoms with Gasteiger partial charge in [0, 0.05) is 24.5 Å². The summed E-state index contributed by atoms with van der Waals surface area (Å²) in [6.07, 6.45) is 9.10. The van der Waals surface area contributed by atoms with Crippen molar-refractivity contribution in [3.8, 4) is 0 Å². The Labute approximate surface area is 99.2 Å². The third-order valence-electron chi connectivity index (χ3n) is 2.83. The van der Waals surface area contributed by atoms with Gasteiger partial charge in [0.15, 0.2) is 0 Å². The van der Waals surface area contributed by atoms with Gasteiger partial charge in [0.05, 0.1) is 6.54 Å². The van der Waals surface area contributed by atoms with Crippen molar-refractivity contribution in [1.82, 2.24) is 15.1 Å². The van der Waals surface area contributed by atoms with Crippen molar-refractivity contribution in [3.05, 3.63) is 18.5 Å². The minimum absolute atomic E-state index is 0.483. The molecule has 0 aliphatic heterocycles. The quantitative estimate of drug-likeness (QED) is 0.687. The molecule has 1 aromatic heterocycles.